The maximum atomic E-state index is 14.2. The van der Waals surface area contributed by atoms with Gasteiger partial charge >= 0.3 is 11.9 Å². The minimum Gasteiger partial charge on any atom is -0.497 e. The summed E-state index contributed by atoms with van der Waals surface area (Å²) in [5, 5.41) is 9.15. The van der Waals surface area contributed by atoms with Crippen LogP contribution in [0.2, 0.25) is 0 Å². The Bertz CT molecular complexity index is 1460. The second kappa shape index (κ2) is 8.97. The molecule has 1 N–H and O–H groups in total. The van der Waals surface area contributed by atoms with E-state index in [-0.39, 0.29) is 0 Å². The molecule has 0 unspecified atom stereocenters. The lowest BCUT2D eigenvalue weighted by Gasteiger charge is -2.44. The van der Waals surface area contributed by atoms with Crippen LogP contribution < -0.4 is 10.1 Å². The molecule has 39 heavy (non-hydrogen) atoms. The van der Waals surface area contributed by atoms with Crippen molar-refractivity contribution in [3.63, 3.8) is 0 Å². The van der Waals surface area contributed by atoms with Crippen LogP contribution in [0.15, 0.2) is 84.0 Å². The molecule has 3 aromatic carbocycles. The number of amides is 1. The molecule has 1 amide bonds. The van der Waals surface area contributed by atoms with E-state index in [2.05, 4.69) is 10.4 Å². The number of nitrogens with zero attached hydrogens (tertiary/aromatic N) is 2. The van der Waals surface area contributed by atoms with Crippen molar-refractivity contribution in [3.8, 4) is 5.75 Å². The highest BCUT2D eigenvalue weighted by Gasteiger charge is 2.75. The quantitative estimate of drug-likeness (QED) is 0.405. The third-order valence-electron chi connectivity index (χ3n) is 7.55. The van der Waals surface area contributed by atoms with E-state index in [1.807, 2.05) is 42.5 Å². The first-order valence-electron chi connectivity index (χ1n) is 12.6. The zero-order valence-electron chi connectivity index (χ0n) is 21.7. The second-order valence-electron chi connectivity index (χ2n) is 10.3. The molecule has 0 aliphatic carbocycles. The summed E-state index contributed by atoms with van der Waals surface area (Å²) in [6.07, 6.45) is 1.64. The Hall–Kier alpha value is -4.66. The molecule has 0 bridgehead atoms. The molecule has 198 valence electrons. The van der Waals surface area contributed by atoms with Gasteiger partial charge in [-0.1, -0.05) is 54.6 Å². The Labute approximate surface area is 225 Å². The fraction of sp³-hybridized carbons (Fsp3) is 0.267. The van der Waals surface area contributed by atoms with Gasteiger partial charge in [0.2, 0.25) is 11.3 Å². The van der Waals surface area contributed by atoms with Gasteiger partial charge in [0.25, 0.3) is 5.79 Å². The zero-order valence-corrected chi connectivity index (χ0v) is 21.7. The predicted octanol–water partition coefficient (Wildman–Crippen LogP) is 4.01. The Morgan fingerprint density at radius 2 is 1.56 bits per heavy atom. The van der Waals surface area contributed by atoms with Gasteiger partial charge in [-0.05, 0) is 41.0 Å². The van der Waals surface area contributed by atoms with Crippen molar-refractivity contribution in [2.75, 3.05) is 12.4 Å². The van der Waals surface area contributed by atoms with E-state index in [4.69, 9.17) is 14.2 Å². The van der Waals surface area contributed by atoms with E-state index in [0.717, 1.165) is 5.56 Å². The molecule has 2 fully saturated rings. The van der Waals surface area contributed by atoms with E-state index in [9.17, 15) is 14.4 Å². The summed E-state index contributed by atoms with van der Waals surface area (Å²) in [5.74, 6) is -3.83. The molecule has 3 atom stereocenters. The summed E-state index contributed by atoms with van der Waals surface area (Å²) >= 11 is 0. The van der Waals surface area contributed by atoms with Crippen molar-refractivity contribution in [2.24, 2.45) is 10.5 Å². The first-order valence-corrected chi connectivity index (χ1v) is 12.6. The van der Waals surface area contributed by atoms with Crippen LogP contribution in [0, 0.1) is 5.41 Å². The summed E-state index contributed by atoms with van der Waals surface area (Å²) in [6, 6.07) is 21.3. The van der Waals surface area contributed by atoms with E-state index < -0.39 is 47.0 Å². The van der Waals surface area contributed by atoms with Crippen molar-refractivity contribution in [1.29, 1.82) is 0 Å². The number of hydrogen-bond donors (Lipinski definition) is 1. The average Bonchev–Trinajstić information content (AvgIpc) is 3.25. The molecule has 0 aromatic heterocycles. The normalized spacial score (nSPS) is 23.9. The van der Waals surface area contributed by atoms with Gasteiger partial charge < -0.3 is 19.5 Å². The number of fused-ring (bicyclic) bond motifs is 4. The second-order valence-corrected chi connectivity index (χ2v) is 10.3. The number of nitrogens with one attached hydrogen (secondary N) is 1. The highest BCUT2D eigenvalue weighted by atomic mass is 16.7. The maximum Gasteiger partial charge on any atom is 0.330 e. The van der Waals surface area contributed by atoms with Crippen LogP contribution in [0.25, 0.3) is 0 Å². The fourth-order valence-electron chi connectivity index (χ4n) is 5.94. The van der Waals surface area contributed by atoms with Gasteiger partial charge in [0.05, 0.1) is 13.3 Å². The topological polar surface area (TPSA) is 107 Å². The Morgan fingerprint density at radius 3 is 2.23 bits per heavy atom. The highest BCUT2D eigenvalue weighted by molar-refractivity contribution is 6.08. The molecule has 3 heterocycles. The molecule has 6 rings (SSSR count). The number of carbonyl (C=O) groups excluding carboxylic acids is 3. The summed E-state index contributed by atoms with van der Waals surface area (Å²) in [4.78, 5) is 42.5. The number of methoxy groups -OCH3 is 1. The van der Waals surface area contributed by atoms with Crippen molar-refractivity contribution in [2.45, 2.75) is 37.6 Å². The van der Waals surface area contributed by atoms with Crippen molar-refractivity contribution < 1.29 is 28.6 Å². The van der Waals surface area contributed by atoms with E-state index in [0.29, 0.717) is 22.6 Å². The number of hydrogen-bond acceptors (Lipinski definition) is 8. The summed E-state index contributed by atoms with van der Waals surface area (Å²) in [7, 11) is 1.55. The fourth-order valence-corrected chi connectivity index (χ4v) is 5.94. The molecule has 0 saturated carbocycles. The molecule has 2 saturated heterocycles. The maximum absolute atomic E-state index is 14.2. The number of anilines is 1. The van der Waals surface area contributed by atoms with Crippen LogP contribution in [0.3, 0.4) is 0 Å². The number of hydrazone groups is 1. The van der Waals surface area contributed by atoms with E-state index >= 15 is 0 Å². The van der Waals surface area contributed by atoms with Gasteiger partial charge in [-0.3, -0.25) is 19.4 Å². The Balaban J connectivity index is 1.59. The number of rotatable bonds is 4. The average molecular weight is 526 g/mol. The molecule has 3 aromatic rings. The molecule has 3 aliphatic rings. The van der Waals surface area contributed by atoms with Crippen molar-refractivity contribution in [1.82, 2.24) is 5.01 Å². The number of carbonyl (C=O) groups is 3. The number of para-hydroxylation sites is 1. The molecule has 0 radical (unpaired) electrons. The monoisotopic (exact) mass is 525 g/mol. The minimum atomic E-state index is -1.92. The van der Waals surface area contributed by atoms with Gasteiger partial charge in [0, 0.05) is 25.5 Å². The highest BCUT2D eigenvalue weighted by Crippen LogP contribution is 2.62. The van der Waals surface area contributed by atoms with Crippen LogP contribution in [-0.2, 0) is 23.9 Å². The molecular formula is C30H27N3O6. The Kier molecular flexibility index (Phi) is 5.67. The first kappa shape index (κ1) is 24.7. The van der Waals surface area contributed by atoms with E-state index in [1.54, 1.807) is 54.7 Å². The SMILES string of the molecule is COc1ccc([C@@H]2[C@H](C(=O)Nc3ccccc3)N3N=Cc4ccccc4[C@H]3C23C(=O)OC(C)(C)OC3=O)cc1. The van der Waals surface area contributed by atoms with Crippen LogP contribution in [0.1, 0.15) is 42.5 Å². The lowest BCUT2D eigenvalue weighted by Crippen LogP contribution is -2.58. The van der Waals surface area contributed by atoms with E-state index in [1.165, 1.54) is 13.8 Å². The van der Waals surface area contributed by atoms with Gasteiger partial charge in [0.15, 0.2) is 0 Å². The number of ether oxygens (including phenoxy) is 3. The molecule has 9 nitrogen and oxygen atoms in total. The van der Waals surface area contributed by atoms with Crippen molar-refractivity contribution >= 4 is 29.7 Å². The molecule has 3 aliphatic heterocycles. The number of esters is 2. The Morgan fingerprint density at radius 1 is 0.923 bits per heavy atom. The number of cyclic esters (lactones) is 2. The molecular weight excluding hydrogens is 498 g/mol. The molecule has 1 spiro atoms. The van der Waals surface area contributed by atoms with Gasteiger partial charge in [-0.2, -0.15) is 5.10 Å². The molecule has 9 heteroatoms. The smallest absolute Gasteiger partial charge is 0.330 e. The summed E-state index contributed by atoms with van der Waals surface area (Å²) in [6.45, 7) is 3.02. The van der Waals surface area contributed by atoms with Gasteiger partial charge in [0.1, 0.15) is 17.8 Å². The lowest BCUT2D eigenvalue weighted by atomic mass is 9.65. The van der Waals surface area contributed by atoms with Crippen molar-refractivity contribution in [3.05, 3.63) is 95.6 Å². The largest absolute Gasteiger partial charge is 0.497 e. The van der Waals surface area contributed by atoms with Gasteiger partial charge in [-0.15, -0.1) is 0 Å². The first-order chi connectivity index (χ1) is 18.8. The summed E-state index contributed by atoms with van der Waals surface area (Å²) < 4.78 is 16.9. The summed E-state index contributed by atoms with van der Waals surface area (Å²) in [5.41, 5.74) is 0.636. The van der Waals surface area contributed by atoms with Crippen LogP contribution in [0.5, 0.6) is 5.75 Å². The van der Waals surface area contributed by atoms with Gasteiger partial charge in [-0.25, -0.2) is 0 Å². The van der Waals surface area contributed by atoms with Crippen LogP contribution >= 0.6 is 0 Å². The minimum absolute atomic E-state index is 0.425. The standard InChI is InChI=1S/C30H27N3O6/c1-29(2)38-27(35)30(28(36)39-29)23(18-13-15-21(37-3)16-14-18)24(26(34)32-20-10-5-4-6-11-20)33-25(30)22-12-8-7-9-19(22)17-31-33/h4-17,23-25H,1-3H3,(H,32,34)/t23-,24-,25+/m1/s1. The van der Waals surface area contributed by atoms with Crippen LogP contribution in [0.4, 0.5) is 5.69 Å². The third kappa shape index (κ3) is 3.76. The zero-order chi connectivity index (χ0) is 27.4. The number of benzene rings is 3. The third-order valence-corrected chi connectivity index (χ3v) is 7.55. The predicted molar refractivity (Wildman–Crippen MR) is 142 cm³/mol. The van der Waals surface area contributed by atoms with Crippen LogP contribution in [-0.4, -0.2) is 48.0 Å². The lowest BCUT2D eigenvalue weighted by molar-refractivity contribution is -0.254.